The van der Waals surface area contributed by atoms with E-state index in [9.17, 15) is 4.79 Å². The number of nitrogens with one attached hydrogen (secondary N) is 1. The first kappa shape index (κ1) is 16.8. The first-order chi connectivity index (χ1) is 11.4. The summed E-state index contributed by atoms with van der Waals surface area (Å²) in [6.07, 6.45) is 1.40. The van der Waals surface area contributed by atoms with E-state index in [1.165, 1.54) is 6.20 Å². The molecule has 0 aliphatic rings. The van der Waals surface area contributed by atoms with Gasteiger partial charge in [0, 0.05) is 18.0 Å². The maximum Gasteiger partial charge on any atom is 0.258 e. The van der Waals surface area contributed by atoms with Crippen LogP contribution >= 0.6 is 34.8 Å². The highest BCUT2D eigenvalue weighted by molar-refractivity contribution is 6.42. The predicted octanol–water partition coefficient (Wildman–Crippen LogP) is 4.79. The molecule has 1 amide bonds. The van der Waals surface area contributed by atoms with E-state index in [-0.39, 0.29) is 5.91 Å². The number of hydrogen-bond acceptors (Lipinski definition) is 3. The van der Waals surface area contributed by atoms with Crippen LogP contribution in [0.15, 0.2) is 42.6 Å². The van der Waals surface area contributed by atoms with Crippen molar-refractivity contribution in [3.05, 3.63) is 69.1 Å². The molecule has 0 aliphatic carbocycles. The standard InChI is InChI=1S/C16H11Cl3N4O/c1-9-6-15(21-16(24)10-2-5-14(19)20-8-10)22-23(9)11-3-4-12(17)13(18)7-11/h2-8H,1H3,(H,21,22,24). The van der Waals surface area contributed by atoms with Gasteiger partial charge >= 0.3 is 0 Å². The van der Waals surface area contributed by atoms with Gasteiger partial charge in [-0.25, -0.2) is 9.67 Å². The molecule has 0 radical (unpaired) electrons. The van der Waals surface area contributed by atoms with Crippen molar-refractivity contribution < 1.29 is 4.79 Å². The van der Waals surface area contributed by atoms with E-state index in [1.54, 1.807) is 41.1 Å². The number of aromatic nitrogens is 3. The zero-order chi connectivity index (χ0) is 17.3. The summed E-state index contributed by atoms with van der Waals surface area (Å²) in [4.78, 5) is 16.1. The van der Waals surface area contributed by atoms with E-state index in [4.69, 9.17) is 34.8 Å². The second-order valence-corrected chi connectivity index (χ2v) is 6.21. The molecular formula is C16H11Cl3N4O. The summed E-state index contributed by atoms with van der Waals surface area (Å²) in [7, 11) is 0. The Hall–Kier alpha value is -2.08. The van der Waals surface area contributed by atoms with Gasteiger partial charge in [0.1, 0.15) is 5.15 Å². The third-order valence-corrected chi connectivity index (χ3v) is 4.23. The molecule has 0 saturated heterocycles. The summed E-state index contributed by atoms with van der Waals surface area (Å²) < 4.78 is 1.66. The number of carbonyl (C=O) groups excluding carboxylic acids is 1. The molecule has 5 nitrogen and oxygen atoms in total. The highest BCUT2D eigenvalue weighted by Crippen LogP contribution is 2.25. The number of pyridine rings is 1. The highest BCUT2D eigenvalue weighted by Gasteiger charge is 2.12. The van der Waals surface area contributed by atoms with Crippen LogP contribution in [0.4, 0.5) is 5.82 Å². The van der Waals surface area contributed by atoms with E-state index < -0.39 is 0 Å². The minimum atomic E-state index is -0.321. The average Bonchev–Trinajstić information content (AvgIpc) is 2.91. The number of rotatable bonds is 3. The molecule has 0 spiro atoms. The van der Waals surface area contributed by atoms with Crippen LogP contribution in [-0.2, 0) is 0 Å². The zero-order valence-electron chi connectivity index (χ0n) is 12.4. The third kappa shape index (κ3) is 3.53. The average molecular weight is 382 g/mol. The smallest absolute Gasteiger partial charge is 0.258 e. The van der Waals surface area contributed by atoms with Gasteiger partial charge < -0.3 is 5.32 Å². The number of carbonyl (C=O) groups is 1. The van der Waals surface area contributed by atoms with Crippen LogP contribution in [0, 0.1) is 6.92 Å². The minimum Gasteiger partial charge on any atom is -0.305 e. The Morgan fingerprint density at radius 2 is 1.88 bits per heavy atom. The normalized spacial score (nSPS) is 10.7. The second kappa shape index (κ2) is 6.81. The largest absolute Gasteiger partial charge is 0.305 e. The van der Waals surface area contributed by atoms with E-state index in [0.29, 0.717) is 26.6 Å². The van der Waals surface area contributed by atoms with Crippen LogP contribution in [-0.4, -0.2) is 20.7 Å². The number of benzene rings is 1. The van der Waals surface area contributed by atoms with Gasteiger partial charge in [0.15, 0.2) is 5.82 Å². The van der Waals surface area contributed by atoms with Crippen molar-refractivity contribution in [2.45, 2.75) is 6.92 Å². The fraction of sp³-hybridized carbons (Fsp3) is 0.0625. The highest BCUT2D eigenvalue weighted by atomic mass is 35.5. The number of amides is 1. The van der Waals surface area contributed by atoms with Gasteiger partial charge in [-0.1, -0.05) is 34.8 Å². The summed E-state index contributed by atoms with van der Waals surface area (Å²) >= 11 is 17.7. The summed E-state index contributed by atoms with van der Waals surface area (Å²) in [5, 5.41) is 8.32. The summed E-state index contributed by atoms with van der Waals surface area (Å²) in [5.74, 6) is 0.0940. The molecule has 0 atom stereocenters. The lowest BCUT2D eigenvalue weighted by atomic mass is 10.3. The van der Waals surface area contributed by atoms with E-state index in [0.717, 1.165) is 11.4 Å². The molecule has 24 heavy (non-hydrogen) atoms. The molecule has 2 aromatic heterocycles. The van der Waals surface area contributed by atoms with Gasteiger partial charge in [-0.2, -0.15) is 0 Å². The molecule has 8 heteroatoms. The maximum absolute atomic E-state index is 12.2. The van der Waals surface area contributed by atoms with Crippen molar-refractivity contribution in [1.29, 1.82) is 0 Å². The first-order valence-corrected chi connectivity index (χ1v) is 8.02. The molecule has 1 N–H and O–H groups in total. The van der Waals surface area contributed by atoms with E-state index >= 15 is 0 Å². The Morgan fingerprint density at radius 3 is 2.54 bits per heavy atom. The first-order valence-electron chi connectivity index (χ1n) is 6.89. The molecule has 122 valence electrons. The van der Waals surface area contributed by atoms with Crippen molar-refractivity contribution in [2.75, 3.05) is 5.32 Å². The SMILES string of the molecule is Cc1cc(NC(=O)c2ccc(Cl)nc2)nn1-c1ccc(Cl)c(Cl)c1. The number of anilines is 1. The Bertz CT molecular complexity index is 906. The van der Waals surface area contributed by atoms with Crippen LogP contribution in [0.25, 0.3) is 5.69 Å². The molecule has 2 heterocycles. The molecule has 1 aromatic carbocycles. The van der Waals surface area contributed by atoms with Crippen molar-refractivity contribution in [1.82, 2.24) is 14.8 Å². The van der Waals surface area contributed by atoms with Gasteiger partial charge in [0.05, 0.1) is 21.3 Å². The fourth-order valence-electron chi connectivity index (χ4n) is 2.11. The van der Waals surface area contributed by atoms with Crippen LogP contribution in [0.2, 0.25) is 15.2 Å². The zero-order valence-corrected chi connectivity index (χ0v) is 14.7. The molecule has 0 saturated carbocycles. The Labute approximate surface area is 153 Å². The molecular weight excluding hydrogens is 371 g/mol. The fourth-order valence-corrected chi connectivity index (χ4v) is 2.52. The summed E-state index contributed by atoms with van der Waals surface area (Å²) in [5.41, 5.74) is 1.97. The van der Waals surface area contributed by atoms with Gasteiger partial charge in [-0.05, 0) is 37.3 Å². The van der Waals surface area contributed by atoms with Crippen LogP contribution in [0.5, 0.6) is 0 Å². The number of nitrogens with zero attached hydrogens (tertiary/aromatic N) is 3. The third-order valence-electron chi connectivity index (χ3n) is 3.27. The Kier molecular flexibility index (Phi) is 4.76. The van der Waals surface area contributed by atoms with Crippen LogP contribution in [0.1, 0.15) is 16.1 Å². The molecule has 0 unspecified atom stereocenters. The topological polar surface area (TPSA) is 59.8 Å². The van der Waals surface area contributed by atoms with Crippen molar-refractivity contribution in [3.63, 3.8) is 0 Å². The summed E-state index contributed by atoms with van der Waals surface area (Å²) in [6, 6.07) is 10.1. The van der Waals surface area contributed by atoms with Crippen molar-refractivity contribution in [2.24, 2.45) is 0 Å². The maximum atomic E-state index is 12.2. The van der Waals surface area contributed by atoms with Gasteiger partial charge in [0.2, 0.25) is 0 Å². The van der Waals surface area contributed by atoms with Gasteiger partial charge in [0.25, 0.3) is 5.91 Å². The van der Waals surface area contributed by atoms with Crippen LogP contribution in [0.3, 0.4) is 0 Å². The van der Waals surface area contributed by atoms with Gasteiger partial charge in [-0.3, -0.25) is 4.79 Å². The number of aryl methyl sites for hydroxylation is 1. The Morgan fingerprint density at radius 1 is 1.08 bits per heavy atom. The molecule has 3 rings (SSSR count). The van der Waals surface area contributed by atoms with Crippen LogP contribution < -0.4 is 5.32 Å². The molecule has 0 aliphatic heterocycles. The molecule has 3 aromatic rings. The lowest BCUT2D eigenvalue weighted by Crippen LogP contribution is -2.12. The van der Waals surface area contributed by atoms with E-state index in [2.05, 4.69) is 15.4 Å². The minimum absolute atomic E-state index is 0.321. The predicted molar refractivity (Wildman–Crippen MR) is 95.5 cm³/mol. The lowest BCUT2D eigenvalue weighted by molar-refractivity contribution is 0.102. The second-order valence-electron chi connectivity index (χ2n) is 5.00. The van der Waals surface area contributed by atoms with Crippen molar-refractivity contribution in [3.8, 4) is 5.69 Å². The van der Waals surface area contributed by atoms with Gasteiger partial charge in [-0.15, -0.1) is 5.10 Å². The lowest BCUT2D eigenvalue weighted by Gasteiger charge is -2.05. The number of hydrogen-bond donors (Lipinski definition) is 1. The number of halogens is 3. The monoisotopic (exact) mass is 380 g/mol. The Balaban J connectivity index is 1.84. The molecule has 0 bridgehead atoms. The van der Waals surface area contributed by atoms with Crippen molar-refractivity contribution >= 4 is 46.5 Å². The van der Waals surface area contributed by atoms with E-state index in [1.807, 2.05) is 6.92 Å². The summed E-state index contributed by atoms with van der Waals surface area (Å²) in [6.45, 7) is 1.87. The quantitative estimate of drug-likeness (QED) is 0.664. The molecule has 0 fully saturated rings.